The van der Waals surface area contributed by atoms with Gasteiger partial charge in [0.1, 0.15) is 0 Å². The molecule has 0 aliphatic carbocycles. The Balaban J connectivity index is 0.000000115. The second-order valence-electron chi connectivity index (χ2n) is 3.00. The number of halogens is 1. The molecule has 0 unspecified atom stereocenters. The molecule has 15 heavy (non-hydrogen) atoms. The van der Waals surface area contributed by atoms with Gasteiger partial charge in [0, 0.05) is 21.7 Å². The number of hydrogen-bond acceptors (Lipinski definition) is 3. The number of alkyl halides is 1. The fourth-order valence-electron chi connectivity index (χ4n) is 1.15. The molecule has 0 saturated carbocycles. The number of thiazole rings is 1. The zero-order valence-corrected chi connectivity index (χ0v) is 10.4. The van der Waals surface area contributed by atoms with E-state index in [1.54, 1.807) is 23.0 Å². The highest BCUT2D eigenvalue weighted by Crippen LogP contribution is 2.36. The quantitative estimate of drug-likeness (QED) is 0.710. The Kier molecular flexibility index (Phi) is 4.06. The Morgan fingerprint density at radius 2 is 2.20 bits per heavy atom. The summed E-state index contributed by atoms with van der Waals surface area (Å²) < 4.78 is 0. The van der Waals surface area contributed by atoms with Crippen LogP contribution in [0, 0.1) is 0 Å². The maximum Gasteiger partial charge on any atom is 0.0794 e. The van der Waals surface area contributed by atoms with Gasteiger partial charge in [0.15, 0.2) is 0 Å². The summed E-state index contributed by atoms with van der Waals surface area (Å²) in [5.41, 5.74) is 3.29. The molecule has 0 saturated heterocycles. The Labute approximate surface area is 103 Å². The summed E-state index contributed by atoms with van der Waals surface area (Å²) in [5, 5.41) is 0. The molecule has 0 radical (unpaired) electrons. The average Bonchev–Trinajstić information content (AvgIpc) is 2.74. The first-order valence-corrected chi connectivity index (χ1v) is 6.94. The third-order valence-electron chi connectivity index (χ3n) is 1.97. The first kappa shape index (κ1) is 11.0. The molecule has 1 aliphatic heterocycles. The Morgan fingerprint density at radius 3 is 2.53 bits per heavy atom. The molecule has 2 aromatic rings. The van der Waals surface area contributed by atoms with Crippen LogP contribution in [0.15, 0.2) is 40.9 Å². The zero-order chi connectivity index (χ0) is 10.5. The van der Waals surface area contributed by atoms with Crippen molar-refractivity contribution in [1.82, 2.24) is 4.98 Å². The molecule has 2 heterocycles. The van der Waals surface area contributed by atoms with E-state index >= 15 is 0 Å². The van der Waals surface area contributed by atoms with Crippen molar-refractivity contribution >= 4 is 34.7 Å². The molecule has 1 aliphatic rings. The SMILES string of the molecule is ClCc1cncs1.c1ccc2c(c1)CS2. The molecule has 1 nitrogen and oxygen atoms in total. The second kappa shape index (κ2) is 5.54. The van der Waals surface area contributed by atoms with Gasteiger partial charge in [-0.15, -0.1) is 34.7 Å². The molecular formula is C11H10ClNS2. The molecule has 0 bridgehead atoms. The van der Waals surface area contributed by atoms with Crippen LogP contribution >= 0.6 is 34.7 Å². The van der Waals surface area contributed by atoms with Gasteiger partial charge in [-0.25, -0.2) is 0 Å². The second-order valence-corrected chi connectivity index (χ2v) is 5.25. The number of benzene rings is 1. The summed E-state index contributed by atoms with van der Waals surface area (Å²) in [6, 6.07) is 8.54. The lowest BCUT2D eigenvalue weighted by molar-refractivity contribution is 1.20. The van der Waals surface area contributed by atoms with E-state index < -0.39 is 0 Å². The van der Waals surface area contributed by atoms with Gasteiger partial charge in [0.25, 0.3) is 0 Å². The average molecular weight is 256 g/mol. The van der Waals surface area contributed by atoms with Gasteiger partial charge in [-0.2, -0.15) is 0 Å². The van der Waals surface area contributed by atoms with Gasteiger partial charge < -0.3 is 0 Å². The summed E-state index contributed by atoms with van der Waals surface area (Å²) in [6.07, 6.45) is 1.78. The summed E-state index contributed by atoms with van der Waals surface area (Å²) in [4.78, 5) is 6.42. The predicted molar refractivity (Wildman–Crippen MR) is 67.7 cm³/mol. The molecule has 78 valence electrons. The maximum absolute atomic E-state index is 5.44. The van der Waals surface area contributed by atoms with Crippen LogP contribution in [0.4, 0.5) is 0 Å². The third kappa shape index (κ3) is 2.97. The van der Waals surface area contributed by atoms with Crippen molar-refractivity contribution in [3.63, 3.8) is 0 Å². The number of thioether (sulfide) groups is 1. The standard InChI is InChI=1S/C7H6S.C4H4ClNS/c1-2-4-7-6(3-1)5-8-7;5-1-4-2-6-3-7-4/h1-4H,5H2;2-3H,1H2. The Hall–Kier alpha value is -0.510. The molecule has 0 amide bonds. The molecule has 4 heteroatoms. The van der Waals surface area contributed by atoms with E-state index in [2.05, 4.69) is 29.2 Å². The van der Waals surface area contributed by atoms with Crippen LogP contribution in [-0.4, -0.2) is 4.98 Å². The highest BCUT2D eigenvalue weighted by Gasteiger charge is 2.10. The van der Waals surface area contributed by atoms with Crippen LogP contribution < -0.4 is 0 Å². The first-order valence-electron chi connectivity index (χ1n) is 4.54. The fourth-order valence-corrected chi connectivity index (χ4v) is 2.66. The summed E-state index contributed by atoms with van der Waals surface area (Å²) in [5.74, 6) is 1.81. The van der Waals surface area contributed by atoms with Crippen molar-refractivity contribution < 1.29 is 0 Å². The van der Waals surface area contributed by atoms with Crippen LogP contribution in [0.25, 0.3) is 0 Å². The minimum Gasteiger partial charge on any atom is -0.253 e. The smallest absolute Gasteiger partial charge is 0.0794 e. The van der Waals surface area contributed by atoms with Crippen molar-refractivity contribution in [2.45, 2.75) is 16.5 Å². The third-order valence-corrected chi connectivity index (χ3v) is 4.36. The summed E-state index contributed by atoms with van der Waals surface area (Å²) in [7, 11) is 0. The normalized spacial score (nSPS) is 12.1. The lowest BCUT2D eigenvalue weighted by atomic mass is 10.2. The van der Waals surface area contributed by atoms with E-state index in [0.717, 1.165) is 4.88 Å². The molecular weight excluding hydrogens is 246 g/mol. The fraction of sp³-hybridized carbons (Fsp3) is 0.182. The first-order chi connectivity index (χ1) is 7.40. The summed E-state index contributed by atoms with van der Waals surface area (Å²) >= 11 is 8.95. The lowest BCUT2D eigenvalue weighted by Crippen LogP contribution is -1.93. The molecule has 1 aromatic carbocycles. The van der Waals surface area contributed by atoms with Gasteiger partial charge >= 0.3 is 0 Å². The van der Waals surface area contributed by atoms with Crippen LogP contribution in [0.5, 0.6) is 0 Å². The van der Waals surface area contributed by atoms with Crippen molar-refractivity contribution in [2.75, 3.05) is 0 Å². The molecule has 0 spiro atoms. The number of fused-ring (bicyclic) bond motifs is 1. The van der Waals surface area contributed by atoms with Crippen LogP contribution in [0.3, 0.4) is 0 Å². The lowest BCUT2D eigenvalue weighted by Gasteiger charge is -2.15. The van der Waals surface area contributed by atoms with Crippen LogP contribution in [0.1, 0.15) is 10.4 Å². The minimum absolute atomic E-state index is 0.588. The maximum atomic E-state index is 5.44. The van der Waals surface area contributed by atoms with E-state index in [1.165, 1.54) is 16.2 Å². The minimum atomic E-state index is 0.588. The zero-order valence-electron chi connectivity index (χ0n) is 8.02. The van der Waals surface area contributed by atoms with Crippen molar-refractivity contribution in [1.29, 1.82) is 0 Å². The number of aromatic nitrogens is 1. The predicted octanol–water partition coefficient (Wildman–Crippen LogP) is 4.17. The highest BCUT2D eigenvalue weighted by atomic mass is 35.5. The molecule has 0 N–H and O–H groups in total. The van der Waals surface area contributed by atoms with Gasteiger partial charge in [-0.3, -0.25) is 4.98 Å². The largest absolute Gasteiger partial charge is 0.253 e. The Morgan fingerprint density at radius 1 is 1.33 bits per heavy atom. The van der Waals surface area contributed by atoms with E-state index in [4.69, 9.17) is 11.6 Å². The summed E-state index contributed by atoms with van der Waals surface area (Å²) in [6.45, 7) is 0. The topological polar surface area (TPSA) is 12.9 Å². The molecule has 0 atom stereocenters. The number of rotatable bonds is 1. The van der Waals surface area contributed by atoms with Crippen LogP contribution in [0.2, 0.25) is 0 Å². The van der Waals surface area contributed by atoms with E-state index in [0.29, 0.717) is 5.88 Å². The van der Waals surface area contributed by atoms with Crippen molar-refractivity contribution in [3.05, 3.63) is 46.4 Å². The van der Waals surface area contributed by atoms with Crippen molar-refractivity contribution in [2.24, 2.45) is 0 Å². The van der Waals surface area contributed by atoms with Gasteiger partial charge in [-0.1, -0.05) is 18.2 Å². The van der Waals surface area contributed by atoms with Crippen LogP contribution in [-0.2, 0) is 11.6 Å². The van der Waals surface area contributed by atoms with E-state index in [1.807, 2.05) is 11.8 Å². The Bertz CT molecular complexity index is 391. The molecule has 0 fully saturated rings. The van der Waals surface area contributed by atoms with Gasteiger partial charge in [-0.05, 0) is 11.6 Å². The van der Waals surface area contributed by atoms with Gasteiger partial charge in [0.05, 0.1) is 11.4 Å². The van der Waals surface area contributed by atoms with Gasteiger partial charge in [0.2, 0.25) is 0 Å². The molecule has 1 aromatic heterocycles. The highest BCUT2D eigenvalue weighted by molar-refractivity contribution is 7.99. The van der Waals surface area contributed by atoms with E-state index in [9.17, 15) is 0 Å². The number of hydrogen-bond donors (Lipinski definition) is 0. The monoisotopic (exact) mass is 255 g/mol. The van der Waals surface area contributed by atoms with Crippen molar-refractivity contribution in [3.8, 4) is 0 Å². The number of nitrogens with zero attached hydrogens (tertiary/aromatic N) is 1. The van der Waals surface area contributed by atoms with E-state index in [-0.39, 0.29) is 0 Å². The molecule has 3 rings (SSSR count).